The van der Waals surface area contributed by atoms with E-state index in [-0.39, 0.29) is 0 Å². The molecule has 1 aliphatic carbocycles. The average Bonchev–Trinajstić information content (AvgIpc) is 2.58. The summed E-state index contributed by atoms with van der Waals surface area (Å²) in [6, 6.07) is 2.51. The number of hydrogen-bond acceptors (Lipinski definition) is 4. The minimum atomic E-state index is 0.395. The molecule has 0 saturated heterocycles. The second-order valence-corrected chi connectivity index (χ2v) is 4.20. The number of nitriles is 1. The monoisotopic (exact) mass is 216 g/mol. The molecule has 1 fully saturated rings. The van der Waals surface area contributed by atoms with E-state index in [0.717, 1.165) is 0 Å². The lowest BCUT2D eigenvalue weighted by Crippen LogP contribution is -2.20. The van der Waals surface area contributed by atoms with E-state index in [9.17, 15) is 0 Å². The lowest BCUT2D eigenvalue weighted by atomic mass is 10.1. The molecule has 16 heavy (non-hydrogen) atoms. The largest absolute Gasteiger partial charge is 0.365 e. The summed E-state index contributed by atoms with van der Waals surface area (Å²) >= 11 is 0. The Kier molecular flexibility index (Phi) is 3.71. The Morgan fingerprint density at radius 1 is 1.12 bits per heavy atom. The van der Waals surface area contributed by atoms with Crippen LogP contribution in [0.25, 0.3) is 0 Å². The van der Waals surface area contributed by atoms with Crippen LogP contribution in [0.15, 0.2) is 12.4 Å². The van der Waals surface area contributed by atoms with E-state index in [1.165, 1.54) is 38.5 Å². The number of nitrogens with zero attached hydrogens (tertiary/aromatic N) is 3. The van der Waals surface area contributed by atoms with Gasteiger partial charge in [0.15, 0.2) is 11.5 Å². The molecule has 1 saturated carbocycles. The summed E-state index contributed by atoms with van der Waals surface area (Å²) in [6.07, 6.45) is 10.7. The van der Waals surface area contributed by atoms with Crippen LogP contribution in [-0.2, 0) is 0 Å². The van der Waals surface area contributed by atoms with Gasteiger partial charge >= 0.3 is 0 Å². The lowest BCUT2D eigenvalue weighted by molar-refractivity contribution is 0.617. The highest BCUT2D eigenvalue weighted by Gasteiger charge is 2.14. The van der Waals surface area contributed by atoms with Crippen molar-refractivity contribution in [2.45, 2.75) is 44.6 Å². The Morgan fingerprint density at radius 2 is 1.81 bits per heavy atom. The fourth-order valence-corrected chi connectivity index (χ4v) is 2.14. The van der Waals surface area contributed by atoms with E-state index in [0.29, 0.717) is 17.6 Å². The maximum Gasteiger partial charge on any atom is 0.182 e. The number of aromatic nitrogens is 2. The molecule has 0 amide bonds. The molecule has 0 aromatic carbocycles. The molecule has 0 bridgehead atoms. The third kappa shape index (κ3) is 2.69. The van der Waals surface area contributed by atoms with Crippen LogP contribution < -0.4 is 5.32 Å². The van der Waals surface area contributed by atoms with Crippen LogP contribution in [0.3, 0.4) is 0 Å². The smallest absolute Gasteiger partial charge is 0.182 e. The van der Waals surface area contributed by atoms with Crippen molar-refractivity contribution >= 4 is 5.82 Å². The number of anilines is 1. The summed E-state index contributed by atoms with van der Waals surface area (Å²) in [6.45, 7) is 0. The Hall–Kier alpha value is -1.63. The average molecular weight is 216 g/mol. The van der Waals surface area contributed by atoms with Crippen molar-refractivity contribution in [2.24, 2.45) is 0 Å². The van der Waals surface area contributed by atoms with Gasteiger partial charge in [-0.15, -0.1) is 0 Å². The van der Waals surface area contributed by atoms with Crippen molar-refractivity contribution in [1.29, 1.82) is 5.26 Å². The molecule has 84 valence electrons. The first-order chi connectivity index (χ1) is 7.90. The Bertz CT molecular complexity index is 375. The van der Waals surface area contributed by atoms with E-state index >= 15 is 0 Å². The Labute approximate surface area is 95.7 Å². The Morgan fingerprint density at radius 3 is 2.50 bits per heavy atom. The van der Waals surface area contributed by atoms with E-state index in [2.05, 4.69) is 21.4 Å². The van der Waals surface area contributed by atoms with Crippen molar-refractivity contribution in [3.8, 4) is 6.07 Å². The molecule has 1 heterocycles. The van der Waals surface area contributed by atoms with Crippen LogP contribution >= 0.6 is 0 Å². The molecule has 1 N–H and O–H groups in total. The van der Waals surface area contributed by atoms with Crippen LogP contribution in [0.4, 0.5) is 5.82 Å². The fourth-order valence-electron chi connectivity index (χ4n) is 2.14. The van der Waals surface area contributed by atoms with E-state index in [4.69, 9.17) is 5.26 Å². The summed E-state index contributed by atoms with van der Waals surface area (Å²) in [5.74, 6) is 0.636. The topological polar surface area (TPSA) is 61.6 Å². The molecule has 4 heteroatoms. The summed E-state index contributed by atoms with van der Waals surface area (Å²) in [5, 5.41) is 12.3. The first-order valence-electron chi connectivity index (χ1n) is 5.88. The van der Waals surface area contributed by atoms with Crippen molar-refractivity contribution < 1.29 is 0 Å². The van der Waals surface area contributed by atoms with Crippen molar-refractivity contribution in [3.05, 3.63) is 18.1 Å². The molecule has 1 aliphatic rings. The standard InChI is InChI=1S/C12H16N4/c13-9-11-12(15-8-7-14-11)16-10-5-3-1-2-4-6-10/h7-8,10H,1-6H2,(H,15,16). The Balaban J connectivity index is 2.05. The predicted molar refractivity (Wildman–Crippen MR) is 61.9 cm³/mol. The zero-order chi connectivity index (χ0) is 11.2. The van der Waals surface area contributed by atoms with Gasteiger partial charge in [-0.3, -0.25) is 0 Å². The van der Waals surface area contributed by atoms with Crippen LogP contribution in [-0.4, -0.2) is 16.0 Å². The first kappa shape index (κ1) is 10.9. The second-order valence-electron chi connectivity index (χ2n) is 4.20. The van der Waals surface area contributed by atoms with E-state index in [1.807, 2.05) is 0 Å². The molecular weight excluding hydrogens is 200 g/mol. The van der Waals surface area contributed by atoms with Gasteiger partial charge in [0.2, 0.25) is 0 Å². The highest BCUT2D eigenvalue weighted by atomic mass is 15.0. The summed E-state index contributed by atoms with van der Waals surface area (Å²) in [7, 11) is 0. The number of nitrogens with one attached hydrogen (secondary N) is 1. The third-order valence-corrected chi connectivity index (χ3v) is 3.00. The fraction of sp³-hybridized carbons (Fsp3) is 0.583. The SMILES string of the molecule is N#Cc1nccnc1NC1CCCCCC1. The summed E-state index contributed by atoms with van der Waals surface area (Å²) in [5.41, 5.74) is 0.395. The van der Waals surface area contributed by atoms with Crippen LogP contribution in [0.2, 0.25) is 0 Å². The van der Waals surface area contributed by atoms with Gasteiger partial charge < -0.3 is 5.32 Å². The van der Waals surface area contributed by atoms with Gasteiger partial charge in [0.1, 0.15) is 6.07 Å². The van der Waals surface area contributed by atoms with Crippen molar-refractivity contribution in [2.75, 3.05) is 5.32 Å². The van der Waals surface area contributed by atoms with Gasteiger partial charge in [0.05, 0.1) is 0 Å². The first-order valence-corrected chi connectivity index (χ1v) is 5.88. The summed E-state index contributed by atoms with van der Waals surface area (Å²) in [4.78, 5) is 8.18. The van der Waals surface area contributed by atoms with Gasteiger partial charge in [-0.2, -0.15) is 5.26 Å². The molecular formula is C12H16N4. The number of rotatable bonds is 2. The van der Waals surface area contributed by atoms with Crippen LogP contribution in [0, 0.1) is 11.3 Å². The van der Waals surface area contributed by atoms with Crippen molar-refractivity contribution in [1.82, 2.24) is 9.97 Å². The van der Waals surface area contributed by atoms with E-state index in [1.54, 1.807) is 12.4 Å². The molecule has 0 aliphatic heterocycles. The highest BCUT2D eigenvalue weighted by molar-refractivity contribution is 5.47. The van der Waals surface area contributed by atoms with E-state index < -0.39 is 0 Å². The quantitative estimate of drug-likeness (QED) is 0.771. The minimum absolute atomic E-state index is 0.395. The third-order valence-electron chi connectivity index (χ3n) is 3.00. The van der Waals surface area contributed by atoms with Crippen molar-refractivity contribution in [3.63, 3.8) is 0 Å². The van der Waals surface area contributed by atoms with Gasteiger partial charge in [0, 0.05) is 18.4 Å². The lowest BCUT2D eigenvalue weighted by Gasteiger charge is -2.16. The van der Waals surface area contributed by atoms with Crippen LogP contribution in [0.1, 0.15) is 44.2 Å². The molecule has 4 nitrogen and oxygen atoms in total. The maximum absolute atomic E-state index is 8.91. The molecule has 0 unspecified atom stereocenters. The van der Waals surface area contributed by atoms with Gasteiger partial charge in [-0.05, 0) is 12.8 Å². The van der Waals surface area contributed by atoms with Crippen LogP contribution in [0.5, 0.6) is 0 Å². The molecule has 1 aromatic rings. The van der Waals surface area contributed by atoms with Gasteiger partial charge in [-0.25, -0.2) is 9.97 Å². The van der Waals surface area contributed by atoms with Gasteiger partial charge in [0.25, 0.3) is 0 Å². The molecule has 1 aromatic heterocycles. The zero-order valence-corrected chi connectivity index (χ0v) is 9.32. The predicted octanol–water partition coefficient (Wildman–Crippen LogP) is 2.48. The molecule has 2 rings (SSSR count). The summed E-state index contributed by atoms with van der Waals surface area (Å²) < 4.78 is 0. The number of hydrogen-bond donors (Lipinski definition) is 1. The molecule has 0 radical (unpaired) electrons. The minimum Gasteiger partial charge on any atom is -0.365 e. The van der Waals surface area contributed by atoms with Gasteiger partial charge in [-0.1, -0.05) is 25.7 Å². The second kappa shape index (κ2) is 5.45. The zero-order valence-electron chi connectivity index (χ0n) is 9.32. The molecule has 0 atom stereocenters. The normalized spacial score (nSPS) is 17.4. The maximum atomic E-state index is 8.91. The highest BCUT2D eigenvalue weighted by Crippen LogP contribution is 2.20. The molecule has 0 spiro atoms.